The third-order valence-electron chi connectivity index (χ3n) is 4.57. The second-order valence-electron chi connectivity index (χ2n) is 5.84. The number of thiol groups is 1. The maximum atomic E-state index is 11.6. The van der Waals surface area contributed by atoms with Gasteiger partial charge in [0.15, 0.2) is 0 Å². The lowest BCUT2D eigenvalue weighted by molar-refractivity contribution is 0.208. The minimum Gasteiger partial charge on any atom is -0.330 e. The number of benzene rings is 2. The molecule has 0 aromatic heterocycles. The summed E-state index contributed by atoms with van der Waals surface area (Å²) in [7, 11) is 1.80. The fourth-order valence-corrected chi connectivity index (χ4v) is 3.82. The molecule has 0 aliphatic heterocycles. The highest BCUT2D eigenvalue weighted by atomic mass is 35.5. The minimum atomic E-state index is -0.210. The van der Waals surface area contributed by atoms with E-state index in [-0.39, 0.29) is 17.2 Å². The minimum absolute atomic E-state index is 0.0650. The first-order valence-electron chi connectivity index (χ1n) is 7.48. The van der Waals surface area contributed by atoms with E-state index in [2.05, 4.69) is 24.8 Å². The molecule has 2 aromatic rings. The number of amides is 1. The summed E-state index contributed by atoms with van der Waals surface area (Å²) in [6.45, 7) is 0. The standard InChI is InChI=1S/C18H17Cl2NOS/c1-21(18(22)23)17-9-7-12(13-4-2-3-5-14(13)17)11-6-8-15(19)16(20)10-11/h2-6,8,10,12,17H,7,9H2,1H3,(H,22,23). The Morgan fingerprint density at radius 1 is 1.09 bits per heavy atom. The third kappa shape index (κ3) is 3.23. The van der Waals surface area contributed by atoms with Crippen molar-refractivity contribution in [2.45, 2.75) is 24.8 Å². The molecule has 0 saturated carbocycles. The van der Waals surface area contributed by atoms with Crippen LogP contribution in [0.2, 0.25) is 10.0 Å². The monoisotopic (exact) mass is 365 g/mol. The summed E-state index contributed by atoms with van der Waals surface area (Å²) in [5.41, 5.74) is 3.58. The van der Waals surface area contributed by atoms with Crippen molar-refractivity contribution in [2.75, 3.05) is 7.05 Å². The Morgan fingerprint density at radius 3 is 2.43 bits per heavy atom. The van der Waals surface area contributed by atoms with E-state index >= 15 is 0 Å². The van der Waals surface area contributed by atoms with Crippen molar-refractivity contribution in [3.8, 4) is 0 Å². The number of halogens is 2. The first kappa shape index (κ1) is 16.7. The quantitative estimate of drug-likeness (QED) is 0.652. The maximum absolute atomic E-state index is 11.6. The molecule has 0 spiro atoms. The van der Waals surface area contributed by atoms with Gasteiger partial charge in [-0.3, -0.25) is 4.79 Å². The summed E-state index contributed by atoms with van der Waals surface area (Å²) in [6.07, 6.45) is 1.84. The van der Waals surface area contributed by atoms with Crippen LogP contribution in [0.1, 0.15) is 41.5 Å². The summed E-state index contributed by atoms with van der Waals surface area (Å²) >= 11 is 16.2. The normalized spacial score (nSPS) is 20.0. The van der Waals surface area contributed by atoms with E-state index in [0.29, 0.717) is 10.0 Å². The van der Waals surface area contributed by atoms with Crippen molar-refractivity contribution in [1.29, 1.82) is 0 Å². The summed E-state index contributed by atoms with van der Waals surface area (Å²) in [4.78, 5) is 13.3. The van der Waals surface area contributed by atoms with Crippen LogP contribution in [0.25, 0.3) is 0 Å². The fraction of sp³-hybridized carbons (Fsp3) is 0.278. The van der Waals surface area contributed by atoms with Crippen LogP contribution in [0.5, 0.6) is 0 Å². The van der Waals surface area contributed by atoms with E-state index < -0.39 is 0 Å². The van der Waals surface area contributed by atoms with Gasteiger partial charge in [-0.05, 0) is 41.7 Å². The van der Waals surface area contributed by atoms with Gasteiger partial charge in [-0.2, -0.15) is 0 Å². The Hall–Kier alpha value is -1.16. The van der Waals surface area contributed by atoms with Crippen molar-refractivity contribution in [1.82, 2.24) is 4.90 Å². The van der Waals surface area contributed by atoms with Crippen molar-refractivity contribution in [3.63, 3.8) is 0 Å². The largest absolute Gasteiger partial charge is 0.330 e. The SMILES string of the molecule is CN(C(=O)S)C1CCC(c2ccc(Cl)c(Cl)c2)c2ccccc21. The average molecular weight is 366 g/mol. The molecule has 2 nitrogen and oxygen atoms in total. The molecule has 3 rings (SSSR count). The summed E-state index contributed by atoms with van der Waals surface area (Å²) < 4.78 is 0. The van der Waals surface area contributed by atoms with Gasteiger partial charge in [0, 0.05) is 13.0 Å². The molecule has 23 heavy (non-hydrogen) atoms. The zero-order chi connectivity index (χ0) is 16.6. The molecule has 1 aliphatic carbocycles. The zero-order valence-corrected chi connectivity index (χ0v) is 15.1. The van der Waals surface area contributed by atoms with E-state index in [1.807, 2.05) is 30.3 Å². The molecule has 120 valence electrons. The topological polar surface area (TPSA) is 20.3 Å². The van der Waals surface area contributed by atoms with Gasteiger partial charge in [0.25, 0.3) is 5.24 Å². The molecule has 2 unspecified atom stereocenters. The molecule has 1 aliphatic rings. The Balaban J connectivity index is 2.03. The molecule has 0 heterocycles. The molecule has 0 bridgehead atoms. The number of rotatable bonds is 2. The van der Waals surface area contributed by atoms with Gasteiger partial charge in [0.1, 0.15) is 0 Å². The highest BCUT2D eigenvalue weighted by Gasteiger charge is 2.31. The van der Waals surface area contributed by atoms with Gasteiger partial charge in [-0.15, -0.1) is 0 Å². The number of carbonyl (C=O) groups is 1. The number of hydrogen-bond donors (Lipinski definition) is 1. The predicted molar refractivity (Wildman–Crippen MR) is 98.9 cm³/mol. The van der Waals surface area contributed by atoms with E-state index in [4.69, 9.17) is 23.2 Å². The number of nitrogens with zero attached hydrogens (tertiary/aromatic N) is 1. The molecular weight excluding hydrogens is 349 g/mol. The molecule has 0 radical (unpaired) electrons. The molecule has 2 aromatic carbocycles. The Morgan fingerprint density at radius 2 is 1.78 bits per heavy atom. The Labute approximate surface area is 151 Å². The third-order valence-corrected chi connectivity index (χ3v) is 5.63. The fourth-order valence-electron chi connectivity index (χ4n) is 3.38. The molecule has 5 heteroatoms. The molecule has 1 amide bonds. The van der Waals surface area contributed by atoms with Crippen LogP contribution in [-0.4, -0.2) is 17.2 Å². The van der Waals surface area contributed by atoms with Crippen LogP contribution in [0.4, 0.5) is 4.79 Å². The summed E-state index contributed by atoms with van der Waals surface area (Å²) in [5.74, 6) is 0.264. The lowest BCUT2D eigenvalue weighted by Crippen LogP contribution is -2.31. The van der Waals surface area contributed by atoms with E-state index in [9.17, 15) is 4.79 Å². The highest BCUT2D eigenvalue weighted by molar-refractivity contribution is 7.96. The number of fused-ring (bicyclic) bond motifs is 1. The number of carbonyl (C=O) groups excluding carboxylic acids is 1. The lowest BCUT2D eigenvalue weighted by Gasteiger charge is -2.36. The molecule has 2 atom stereocenters. The Kier molecular flexibility index (Phi) is 4.90. The van der Waals surface area contributed by atoms with Crippen molar-refractivity contribution < 1.29 is 4.79 Å². The van der Waals surface area contributed by atoms with Gasteiger partial charge in [0.05, 0.1) is 16.1 Å². The van der Waals surface area contributed by atoms with Gasteiger partial charge < -0.3 is 4.90 Å². The van der Waals surface area contributed by atoms with Crippen LogP contribution in [0, 0.1) is 0 Å². The average Bonchev–Trinajstić information content (AvgIpc) is 2.55. The van der Waals surface area contributed by atoms with Gasteiger partial charge in [-0.25, -0.2) is 0 Å². The van der Waals surface area contributed by atoms with E-state index in [1.54, 1.807) is 11.9 Å². The molecular formula is C18H17Cl2NOS. The second-order valence-corrected chi connectivity index (χ2v) is 7.04. The van der Waals surface area contributed by atoms with Crippen LogP contribution in [-0.2, 0) is 0 Å². The molecule has 0 saturated heterocycles. The lowest BCUT2D eigenvalue weighted by atomic mass is 9.76. The van der Waals surface area contributed by atoms with Gasteiger partial charge >= 0.3 is 0 Å². The first-order chi connectivity index (χ1) is 11.0. The van der Waals surface area contributed by atoms with E-state index in [0.717, 1.165) is 18.4 Å². The van der Waals surface area contributed by atoms with Gasteiger partial charge in [-0.1, -0.05) is 66.2 Å². The molecule has 0 fully saturated rings. The number of hydrogen-bond acceptors (Lipinski definition) is 1. The van der Waals surface area contributed by atoms with Crippen molar-refractivity contribution >= 4 is 41.1 Å². The smallest absolute Gasteiger partial charge is 0.278 e. The van der Waals surface area contributed by atoms with Crippen LogP contribution < -0.4 is 0 Å². The van der Waals surface area contributed by atoms with Crippen LogP contribution in [0.3, 0.4) is 0 Å². The Bertz CT molecular complexity index is 750. The van der Waals surface area contributed by atoms with Gasteiger partial charge in [0.2, 0.25) is 0 Å². The van der Waals surface area contributed by atoms with Crippen LogP contribution in [0.15, 0.2) is 42.5 Å². The summed E-state index contributed by atoms with van der Waals surface area (Å²) in [5, 5.41) is 0.932. The highest BCUT2D eigenvalue weighted by Crippen LogP contribution is 2.44. The first-order valence-corrected chi connectivity index (χ1v) is 8.69. The van der Waals surface area contributed by atoms with Crippen molar-refractivity contribution in [3.05, 3.63) is 69.2 Å². The molecule has 0 N–H and O–H groups in total. The zero-order valence-electron chi connectivity index (χ0n) is 12.7. The second kappa shape index (κ2) is 6.76. The van der Waals surface area contributed by atoms with Crippen molar-refractivity contribution in [2.24, 2.45) is 0 Å². The summed E-state index contributed by atoms with van der Waals surface area (Å²) in [6, 6.07) is 14.2. The predicted octanol–water partition coefficient (Wildman–Crippen LogP) is 5.94. The van der Waals surface area contributed by atoms with Crippen LogP contribution >= 0.6 is 35.8 Å². The van der Waals surface area contributed by atoms with E-state index in [1.165, 1.54) is 11.1 Å². The maximum Gasteiger partial charge on any atom is 0.278 e.